The average molecular weight is 271 g/mol. The number of nitrogens with zero attached hydrogens (tertiary/aromatic N) is 2. The minimum atomic E-state index is 0.533. The molecule has 20 heavy (non-hydrogen) atoms. The molecular formula is C16H21N3O. The molecule has 1 heterocycles. The van der Waals surface area contributed by atoms with E-state index >= 15 is 0 Å². The van der Waals surface area contributed by atoms with Gasteiger partial charge < -0.3 is 10.1 Å². The van der Waals surface area contributed by atoms with Crippen molar-refractivity contribution in [1.29, 1.82) is 0 Å². The zero-order valence-corrected chi connectivity index (χ0v) is 12.3. The molecule has 0 spiro atoms. The maximum Gasteiger partial charge on any atom is 0.119 e. The zero-order chi connectivity index (χ0) is 14.5. The molecule has 1 N–H and O–H groups in total. The lowest BCUT2D eigenvalue weighted by Gasteiger charge is -2.08. The van der Waals surface area contributed by atoms with Crippen molar-refractivity contribution in [2.24, 2.45) is 7.05 Å². The normalized spacial score (nSPS) is 10.3. The number of benzene rings is 1. The molecule has 4 nitrogen and oxygen atoms in total. The third-order valence-electron chi connectivity index (χ3n) is 3.27. The topological polar surface area (TPSA) is 39.1 Å². The van der Waals surface area contributed by atoms with Crippen molar-refractivity contribution in [3.63, 3.8) is 0 Å². The second-order valence-electron chi connectivity index (χ2n) is 4.77. The Morgan fingerprint density at radius 1 is 1.30 bits per heavy atom. The van der Waals surface area contributed by atoms with Gasteiger partial charge in [-0.15, -0.1) is 0 Å². The molecule has 0 aliphatic heterocycles. The fraction of sp³-hybridized carbons (Fsp3) is 0.312. The van der Waals surface area contributed by atoms with Crippen LogP contribution in [0, 0.1) is 13.8 Å². The van der Waals surface area contributed by atoms with Gasteiger partial charge in [-0.25, -0.2) is 0 Å². The van der Waals surface area contributed by atoms with Gasteiger partial charge in [0.2, 0.25) is 0 Å². The summed E-state index contributed by atoms with van der Waals surface area (Å²) < 4.78 is 7.36. The summed E-state index contributed by atoms with van der Waals surface area (Å²) in [5.74, 6) is 0.863. The second kappa shape index (κ2) is 6.28. The largest absolute Gasteiger partial charge is 0.490 e. The first-order valence-corrected chi connectivity index (χ1v) is 6.68. The van der Waals surface area contributed by atoms with Crippen LogP contribution in [0.2, 0.25) is 0 Å². The van der Waals surface area contributed by atoms with Crippen molar-refractivity contribution in [1.82, 2.24) is 9.78 Å². The van der Waals surface area contributed by atoms with E-state index in [0.29, 0.717) is 6.61 Å². The minimum Gasteiger partial charge on any atom is -0.490 e. The highest BCUT2D eigenvalue weighted by Crippen LogP contribution is 2.20. The predicted molar refractivity (Wildman–Crippen MR) is 82.1 cm³/mol. The molecule has 0 saturated heterocycles. The molecule has 0 saturated carbocycles. The molecule has 0 aliphatic carbocycles. The summed E-state index contributed by atoms with van der Waals surface area (Å²) in [4.78, 5) is 0. The molecule has 2 aromatic rings. The minimum absolute atomic E-state index is 0.533. The van der Waals surface area contributed by atoms with E-state index in [9.17, 15) is 0 Å². The summed E-state index contributed by atoms with van der Waals surface area (Å²) in [5, 5.41) is 7.84. The Morgan fingerprint density at radius 3 is 2.55 bits per heavy atom. The van der Waals surface area contributed by atoms with Crippen LogP contribution >= 0.6 is 0 Å². The van der Waals surface area contributed by atoms with Gasteiger partial charge in [-0.1, -0.05) is 24.8 Å². The summed E-state index contributed by atoms with van der Waals surface area (Å²) in [7, 11) is 1.96. The summed E-state index contributed by atoms with van der Waals surface area (Å²) in [6.45, 7) is 9.02. The third-order valence-corrected chi connectivity index (χ3v) is 3.27. The van der Waals surface area contributed by atoms with Crippen LogP contribution in [0.4, 0.5) is 5.69 Å². The summed E-state index contributed by atoms with van der Waals surface area (Å²) in [5.41, 5.74) is 4.49. The number of rotatable bonds is 6. The van der Waals surface area contributed by atoms with Crippen LogP contribution in [-0.2, 0) is 13.6 Å². The highest BCUT2D eigenvalue weighted by Gasteiger charge is 2.08. The van der Waals surface area contributed by atoms with Gasteiger partial charge in [-0.2, -0.15) is 5.10 Å². The molecule has 1 aromatic heterocycles. The molecule has 0 bridgehead atoms. The van der Waals surface area contributed by atoms with Crippen LogP contribution in [0.15, 0.2) is 36.9 Å². The van der Waals surface area contributed by atoms with Crippen molar-refractivity contribution in [3.8, 4) is 5.75 Å². The number of ether oxygens (including phenoxy) is 1. The van der Waals surface area contributed by atoms with Crippen LogP contribution in [0.1, 0.15) is 17.0 Å². The standard InChI is InChI=1S/C16H21N3O/c1-5-10-20-15-8-6-14(7-9-15)11-17-16-12(2)18-19(4)13(16)3/h5-9,17H,1,10-11H2,2-4H3. The van der Waals surface area contributed by atoms with Crippen LogP contribution in [0.3, 0.4) is 0 Å². The molecule has 4 heteroatoms. The van der Waals surface area contributed by atoms with E-state index in [1.54, 1.807) is 6.08 Å². The van der Waals surface area contributed by atoms with Gasteiger partial charge >= 0.3 is 0 Å². The maximum absolute atomic E-state index is 5.46. The first-order valence-electron chi connectivity index (χ1n) is 6.68. The van der Waals surface area contributed by atoms with Gasteiger partial charge in [0.1, 0.15) is 12.4 Å². The Morgan fingerprint density at radius 2 is 2.00 bits per heavy atom. The lowest BCUT2D eigenvalue weighted by Crippen LogP contribution is -2.02. The SMILES string of the molecule is C=CCOc1ccc(CNc2c(C)nn(C)c2C)cc1. The molecule has 1 aromatic carbocycles. The highest BCUT2D eigenvalue weighted by atomic mass is 16.5. The average Bonchev–Trinajstić information content (AvgIpc) is 2.69. The molecule has 0 amide bonds. The van der Waals surface area contributed by atoms with Crippen molar-refractivity contribution in [2.45, 2.75) is 20.4 Å². The van der Waals surface area contributed by atoms with Crippen molar-refractivity contribution in [2.75, 3.05) is 11.9 Å². The van der Waals surface area contributed by atoms with E-state index in [-0.39, 0.29) is 0 Å². The van der Waals surface area contributed by atoms with E-state index in [0.717, 1.165) is 29.4 Å². The van der Waals surface area contributed by atoms with E-state index in [1.807, 2.05) is 30.8 Å². The molecule has 0 fully saturated rings. The number of aryl methyl sites for hydroxylation is 2. The van der Waals surface area contributed by atoms with Gasteiger partial charge in [0, 0.05) is 13.6 Å². The van der Waals surface area contributed by atoms with E-state index < -0.39 is 0 Å². The van der Waals surface area contributed by atoms with Gasteiger partial charge in [0.05, 0.1) is 17.1 Å². The second-order valence-corrected chi connectivity index (χ2v) is 4.77. The van der Waals surface area contributed by atoms with Gasteiger partial charge in [0.25, 0.3) is 0 Å². The zero-order valence-electron chi connectivity index (χ0n) is 12.3. The summed E-state index contributed by atoms with van der Waals surface area (Å²) in [6, 6.07) is 8.08. The van der Waals surface area contributed by atoms with Crippen LogP contribution < -0.4 is 10.1 Å². The van der Waals surface area contributed by atoms with Crippen LogP contribution in [0.25, 0.3) is 0 Å². The first-order chi connectivity index (χ1) is 9.61. The lowest BCUT2D eigenvalue weighted by atomic mass is 10.2. The Kier molecular flexibility index (Phi) is 4.45. The molecule has 0 atom stereocenters. The van der Waals surface area contributed by atoms with Crippen LogP contribution in [0.5, 0.6) is 5.75 Å². The predicted octanol–water partition coefficient (Wildman–Crippen LogP) is 3.21. The van der Waals surface area contributed by atoms with Crippen molar-refractivity contribution < 1.29 is 4.74 Å². The first kappa shape index (κ1) is 14.2. The Labute approximate surface area is 120 Å². The number of hydrogen-bond donors (Lipinski definition) is 1. The summed E-state index contributed by atoms with van der Waals surface area (Å²) in [6.07, 6.45) is 1.74. The van der Waals surface area contributed by atoms with E-state index in [1.165, 1.54) is 5.56 Å². The Hall–Kier alpha value is -2.23. The van der Waals surface area contributed by atoms with Gasteiger partial charge in [-0.05, 0) is 31.5 Å². The Balaban J connectivity index is 1.98. The number of hydrogen-bond acceptors (Lipinski definition) is 3. The highest BCUT2D eigenvalue weighted by molar-refractivity contribution is 5.52. The third kappa shape index (κ3) is 3.20. The number of anilines is 1. The molecule has 106 valence electrons. The monoisotopic (exact) mass is 271 g/mol. The molecule has 2 rings (SSSR count). The lowest BCUT2D eigenvalue weighted by molar-refractivity contribution is 0.363. The van der Waals surface area contributed by atoms with E-state index in [4.69, 9.17) is 4.74 Å². The molecule has 0 aliphatic rings. The molecule has 0 unspecified atom stereocenters. The van der Waals surface area contributed by atoms with Crippen LogP contribution in [-0.4, -0.2) is 16.4 Å². The smallest absolute Gasteiger partial charge is 0.119 e. The van der Waals surface area contributed by atoms with Gasteiger partial charge in [0.15, 0.2) is 0 Å². The van der Waals surface area contributed by atoms with Crippen molar-refractivity contribution >= 4 is 5.69 Å². The number of nitrogens with one attached hydrogen (secondary N) is 1. The molecule has 0 radical (unpaired) electrons. The van der Waals surface area contributed by atoms with Crippen molar-refractivity contribution in [3.05, 3.63) is 53.9 Å². The fourth-order valence-electron chi connectivity index (χ4n) is 2.08. The maximum atomic E-state index is 5.46. The summed E-state index contributed by atoms with van der Waals surface area (Å²) >= 11 is 0. The van der Waals surface area contributed by atoms with Gasteiger partial charge in [-0.3, -0.25) is 4.68 Å². The quantitative estimate of drug-likeness (QED) is 0.820. The number of aromatic nitrogens is 2. The fourth-order valence-corrected chi connectivity index (χ4v) is 2.08. The molecular weight excluding hydrogens is 250 g/mol. The van der Waals surface area contributed by atoms with E-state index in [2.05, 4.69) is 36.1 Å². The Bertz CT molecular complexity index is 585.